The number of carbonyl (C=O) groups is 1. The first kappa shape index (κ1) is 16.1. The van der Waals surface area contributed by atoms with Crippen molar-refractivity contribution in [1.29, 1.82) is 0 Å². The number of aryl methyl sites for hydroxylation is 1. The van der Waals surface area contributed by atoms with Crippen molar-refractivity contribution in [3.8, 4) is 10.7 Å². The van der Waals surface area contributed by atoms with Crippen LogP contribution in [-0.4, -0.2) is 40.1 Å². The third-order valence-corrected chi connectivity index (χ3v) is 5.08. The maximum atomic E-state index is 12.4. The molecule has 1 aliphatic heterocycles. The van der Waals surface area contributed by atoms with Crippen molar-refractivity contribution in [3.63, 3.8) is 0 Å². The number of hydrogen-bond acceptors (Lipinski definition) is 6. The maximum Gasteiger partial charge on any atom is 0.226 e. The van der Waals surface area contributed by atoms with E-state index in [1.165, 1.54) is 6.42 Å². The topological polar surface area (TPSA) is 85.2 Å². The fourth-order valence-electron chi connectivity index (χ4n) is 2.97. The van der Waals surface area contributed by atoms with Crippen molar-refractivity contribution in [2.45, 2.75) is 44.6 Å². The first-order chi connectivity index (χ1) is 11.3. The number of aromatic nitrogens is 2. The van der Waals surface area contributed by atoms with Crippen LogP contribution in [-0.2, 0) is 11.2 Å². The highest BCUT2D eigenvalue weighted by Crippen LogP contribution is 2.22. The smallest absolute Gasteiger partial charge is 0.226 e. The second-order valence-electron chi connectivity index (χ2n) is 5.82. The molecule has 124 valence electrons. The number of thiophene rings is 1. The predicted octanol–water partition coefficient (Wildman–Crippen LogP) is 2.46. The maximum absolute atomic E-state index is 12.4. The van der Waals surface area contributed by atoms with E-state index in [9.17, 15) is 4.79 Å². The Morgan fingerprint density at radius 2 is 2.39 bits per heavy atom. The van der Waals surface area contributed by atoms with Gasteiger partial charge in [0.25, 0.3) is 0 Å². The molecule has 2 aromatic heterocycles. The summed E-state index contributed by atoms with van der Waals surface area (Å²) in [6.07, 6.45) is 5.13. The lowest BCUT2D eigenvalue weighted by atomic mass is 10.0. The van der Waals surface area contributed by atoms with Crippen LogP contribution in [0.15, 0.2) is 22.0 Å². The van der Waals surface area contributed by atoms with Crippen molar-refractivity contribution in [2.75, 3.05) is 13.1 Å². The van der Waals surface area contributed by atoms with Gasteiger partial charge in [-0.3, -0.25) is 4.79 Å². The fraction of sp³-hybridized carbons (Fsp3) is 0.562. The summed E-state index contributed by atoms with van der Waals surface area (Å²) in [5.74, 6) is 1.41. The lowest BCUT2D eigenvalue weighted by molar-refractivity contribution is -0.134. The van der Waals surface area contributed by atoms with Crippen LogP contribution in [0.2, 0.25) is 0 Å². The summed E-state index contributed by atoms with van der Waals surface area (Å²) in [4.78, 5) is 19.7. The molecule has 23 heavy (non-hydrogen) atoms. The Morgan fingerprint density at radius 1 is 1.48 bits per heavy atom. The van der Waals surface area contributed by atoms with Gasteiger partial charge in [0.05, 0.1) is 4.88 Å². The Hall–Kier alpha value is -1.73. The SMILES string of the molecule is NCC1CCCCN1C(=O)CCCc1nc(-c2cccs2)no1. The number of likely N-dealkylation sites (tertiary alicyclic amines) is 1. The van der Waals surface area contributed by atoms with Gasteiger partial charge in [-0.25, -0.2) is 0 Å². The number of carbonyl (C=O) groups excluding carboxylic acids is 1. The van der Waals surface area contributed by atoms with Crippen LogP contribution in [0.5, 0.6) is 0 Å². The van der Waals surface area contributed by atoms with E-state index in [0.29, 0.717) is 31.1 Å². The molecule has 0 aromatic carbocycles. The van der Waals surface area contributed by atoms with Gasteiger partial charge in [0, 0.05) is 32.0 Å². The van der Waals surface area contributed by atoms with Gasteiger partial charge in [0.15, 0.2) is 0 Å². The van der Waals surface area contributed by atoms with Gasteiger partial charge < -0.3 is 15.2 Å². The van der Waals surface area contributed by atoms with E-state index >= 15 is 0 Å². The number of nitrogens with two attached hydrogens (primary N) is 1. The predicted molar refractivity (Wildman–Crippen MR) is 89.0 cm³/mol. The van der Waals surface area contributed by atoms with Crippen LogP contribution in [0.3, 0.4) is 0 Å². The quantitative estimate of drug-likeness (QED) is 0.877. The third kappa shape index (κ3) is 3.97. The summed E-state index contributed by atoms with van der Waals surface area (Å²) in [6.45, 7) is 1.39. The minimum Gasteiger partial charge on any atom is -0.339 e. The van der Waals surface area contributed by atoms with Crippen molar-refractivity contribution >= 4 is 17.2 Å². The molecule has 1 atom stereocenters. The lowest BCUT2D eigenvalue weighted by Gasteiger charge is -2.35. The molecular weight excluding hydrogens is 312 g/mol. The second-order valence-corrected chi connectivity index (χ2v) is 6.76. The highest BCUT2D eigenvalue weighted by molar-refractivity contribution is 7.13. The summed E-state index contributed by atoms with van der Waals surface area (Å²) < 4.78 is 5.26. The molecule has 0 bridgehead atoms. The molecule has 3 heterocycles. The van der Waals surface area contributed by atoms with E-state index in [-0.39, 0.29) is 11.9 Å². The molecule has 6 nitrogen and oxygen atoms in total. The van der Waals surface area contributed by atoms with Crippen molar-refractivity contribution in [3.05, 3.63) is 23.4 Å². The monoisotopic (exact) mass is 334 g/mol. The summed E-state index contributed by atoms with van der Waals surface area (Å²) in [7, 11) is 0. The average Bonchev–Trinajstić information content (AvgIpc) is 3.26. The van der Waals surface area contributed by atoms with Gasteiger partial charge in [0.2, 0.25) is 17.6 Å². The molecule has 1 unspecified atom stereocenters. The summed E-state index contributed by atoms with van der Waals surface area (Å²) in [5.41, 5.74) is 5.77. The van der Waals surface area contributed by atoms with Crippen LogP contribution < -0.4 is 5.73 Å². The molecule has 3 rings (SSSR count). The molecule has 2 aromatic rings. The standard InChI is InChI=1S/C16H22N4O2S/c17-11-12-5-1-2-9-20(12)15(21)8-3-7-14-18-16(19-22-14)13-6-4-10-23-13/h4,6,10,12H,1-3,5,7-9,11,17H2. The molecule has 0 aliphatic carbocycles. The summed E-state index contributed by atoms with van der Waals surface area (Å²) in [6, 6.07) is 4.14. The zero-order valence-electron chi connectivity index (χ0n) is 13.1. The van der Waals surface area contributed by atoms with Crippen LogP contribution in [0.1, 0.15) is 38.0 Å². The van der Waals surface area contributed by atoms with Crippen molar-refractivity contribution < 1.29 is 9.32 Å². The largest absolute Gasteiger partial charge is 0.339 e. The molecule has 1 aliphatic rings. The van der Waals surface area contributed by atoms with Gasteiger partial charge in [-0.15, -0.1) is 11.3 Å². The van der Waals surface area contributed by atoms with Gasteiger partial charge in [0.1, 0.15) is 0 Å². The van der Waals surface area contributed by atoms with E-state index in [2.05, 4.69) is 10.1 Å². The molecule has 0 spiro atoms. The highest BCUT2D eigenvalue weighted by atomic mass is 32.1. The Kier molecular flexibility index (Phi) is 5.40. The van der Waals surface area contributed by atoms with Gasteiger partial charge in [-0.05, 0) is 37.1 Å². The van der Waals surface area contributed by atoms with Crippen molar-refractivity contribution in [2.24, 2.45) is 5.73 Å². The lowest BCUT2D eigenvalue weighted by Crippen LogP contribution is -2.47. The Bertz CT molecular complexity index is 626. The zero-order valence-corrected chi connectivity index (χ0v) is 13.9. The Balaban J connectivity index is 1.48. The second kappa shape index (κ2) is 7.70. The van der Waals surface area contributed by atoms with E-state index in [1.54, 1.807) is 11.3 Å². The molecule has 0 radical (unpaired) electrons. The third-order valence-electron chi connectivity index (χ3n) is 4.21. The first-order valence-corrected chi connectivity index (χ1v) is 9.02. The van der Waals surface area contributed by atoms with E-state index in [4.69, 9.17) is 10.3 Å². The number of amides is 1. The molecule has 0 saturated carbocycles. The number of rotatable bonds is 6. The minimum absolute atomic E-state index is 0.193. The van der Waals surface area contributed by atoms with E-state index in [1.807, 2.05) is 22.4 Å². The van der Waals surface area contributed by atoms with Crippen LogP contribution in [0.25, 0.3) is 10.7 Å². The first-order valence-electron chi connectivity index (χ1n) is 8.14. The van der Waals surface area contributed by atoms with Gasteiger partial charge in [-0.2, -0.15) is 4.98 Å². The summed E-state index contributed by atoms with van der Waals surface area (Å²) >= 11 is 1.58. The summed E-state index contributed by atoms with van der Waals surface area (Å²) in [5, 5.41) is 5.97. The normalized spacial score (nSPS) is 18.3. The number of piperidine rings is 1. The Morgan fingerprint density at radius 3 is 3.17 bits per heavy atom. The molecule has 2 N–H and O–H groups in total. The fourth-order valence-corrected chi connectivity index (χ4v) is 3.62. The van der Waals surface area contributed by atoms with Crippen LogP contribution >= 0.6 is 11.3 Å². The van der Waals surface area contributed by atoms with E-state index < -0.39 is 0 Å². The molecule has 1 amide bonds. The van der Waals surface area contributed by atoms with E-state index in [0.717, 1.165) is 30.7 Å². The minimum atomic E-state index is 0.193. The zero-order chi connectivity index (χ0) is 16.1. The molecule has 1 saturated heterocycles. The molecule has 7 heteroatoms. The number of hydrogen-bond donors (Lipinski definition) is 1. The van der Waals surface area contributed by atoms with Crippen LogP contribution in [0.4, 0.5) is 0 Å². The molecular formula is C16H22N4O2S. The molecule has 1 fully saturated rings. The average molecular weight is 334 g/mol. The Labute approximate surface area is 139 Å². The van der Waals surface area contributed by atoms with Gasteiger partial charge in [-0.1, -0.05) is 11.2 Å². The van der Waals surface area contributed by atoms with Crippen molar-refractivity contribution in [1.82, 2.24) is 15.0 Å². The van der Waals surface area contributed by atoms with Crippen LogP contribution in [0, 0.1) is 0 Å². The number of nitrogens with zero attached hydrogens (tertiary/aromatic N) is 3. The van der Waals surface area contributed by atoms with Gasteiger partial charge >= 0.3 is 0 Å². The highest BCUT2D eigenvalue weighted by Gasteiger charge is 2.25.